The van der Waals surface area contributed by atoms with Crippen LogP contribution in [0.4, 0.5) is 0 Å². The lowest BCUT2D eigenvalue weighted by Gasteiger charge is -2.54. The van der Waals surface area contributed by atoms with Crippen molar-refractivity contribution in [1.29, 1.82) is 0 Å². The van der Waals surface area contributed by atoms with Crippen LogP contribution in [0.5, 0.6) is 0 Å². The van der Waals surface area contributed by atoms with Crippen LogP contribution in [0.25, 0.3) is 0 Å². The normalized spacial score (nSPS) is 20.4. The molecule has 0 amide bonds. The topological polar surface area (TPSA) is 12.0 Å². The summed E-state index contributed by atoms with van der Waals surface area (Å²) in [5.74, 6) is 0. The van der Waals surface area contributed by atoms with Gasteiger partial charge in [-0.25, -0.2) is 0 Å². The number of benzene rings is 1. The summed E-state index contributed by atoms with van der Waals surface area (Å²) in [6.45, 7) is 9.14. The van der Waals surface area contributed by atoms with Crippen LogP contribution in [0.15, 0.2) is 24.3 Å². The molecule has 1 saturated carbocycles. The zero-order chi connectivity index (χ0) is 13.2. The second-order valence-corrected chi connectivity index (χ2v) is 6.92. The third-order valence-electron chi connectivity index (χ3n) is 3.98. The van der Waals surface area contributed by atoms with E-state index in [9.17, 15) is 0 Å². The van der Waals surface area contributed by atoms with E-state index in [-0.39, 0.29) is 0 Å². The Hall–Kier alpha value is -0.530. The van der Waals surface area contributed by atoms with Crippen LogP contribution in [0.1, 0.15) is 45.6 Å². The minimum atomic E-state index is 0.323. The van der Waals surface area contributed by atoms with E-state index in [0.717, 1.165) is 18.1 Å². The first-order valence-corrected chi connectivity index (χ1v) is 7.32. The van der Waals surface area contributed by atoms with Crippen molar-refractivity contribution in [3.63, 3.8) is 0 Å². The van der Waals surface area contributed by atoms with Crippen molar-refractivity contribution in [2.75, 3.05) is 13.1 Å². The van der Waals surface area contributed by atoms with Crippen LogP contribution in [0, 0.1) is 5.41 Å². The molecule has 2 heteroatoms. The Morgan fingerprint density at radius 2 is 1.78 bits per heavy atom. The highest BCUT2D eigenvalue weighted by Crippen LogP contribution is 2.55. The molecule has 1 nitrogen and oxygen atoms in total. The number of halogens is 1. The molecule has 0 aromatic heterocycles. The van der Waals surface area contributed by atoms with Crippen LogP contribution in [-0.4, -0.2) is 13.1 Å². The second kappa shape index (κ2) is 5.22. The molecule has 18 heavy (non-hydrogen) atoms. The van der Waals surface area contributed by atoms with Crippen LogP contribution in [0.3, 0.4) is 0 Å². The first-order valence-electron chi connectivity index (χ1n) is 6.94. The van der Waals surface area contributed by atoms with Crippen molar-refractivity contribution in [2.45, 2.75) is 45.4 Å². The highest BCUT2D eigenvalue weighted by Gasteiger charge is 2.49. The lowest BCUT2D eigenvalue weighted by atomic mass is 9.52. The summed E-state index contributed by atoms with van der Waals surface area (Å²) in [5.41, 5.74) is 2.24. The maximum atomic E-state index is 5.99. The van der Waals surface area contributed by atoms with Crippen LogP contribution < -0.4 is 5.32 Å². The van der Waals surface area contributed by atoms with E-state index in [1.54, 1.807) is 0 Å². The fourth-order valence-corrected chi connectivity index (χ4v) is 3.65. The minimum Gasteiger partial charge on any atom is -0.316 e. The molecule has 0 spiro atoms. The van der Waals surface area contributed by atoms with Gasteiger partial charge in [0.1, 0.15) is 0 Å². The fraction of sp³-hybridized carbons (Fsp3) is 0.625. The molecule has 1 fully saturated rings. The highest BCUT2D eigenvalue weighted by atomic mass is 35.5. The number of hydrogen-bond donors (Lipinski definition) is 1. The maximum absolute atomic E-state index is 5.99. The van der Waals surface area contributed by atoms with E-state index in [0.29, 0.717) is 10.8 Å². The molecule has 1 aromatic carbocycles. The van der Waals surface area contributed by atoms with Gasteiger partial charge < -0.3 is 5.32 Å². The lowest BCUT2D eigenvalue weighted by Crippen LogP contribution is -2.52. The predicted molar refractivity (Wildman–Crippen MR) is 79.3 cm³/mol. The SMILES string of the molecule is CCCNCC1(c2ccc(Cl)cc2)CC(C)(C)C1. The lowest BCUT2D eigenvalue weighted by molar-refractivity contribution is 0.0564. The van der Waals surface area contributed by atoms with E-state index < -0.39 is 0 Å². The summed E-state index contributed by atoms with van der Waals surface area (Å²) >= 11 is 5.99. The average Bonchev–Trinajstić information content (AvgIpc) is 2.27. The molecular weight excluding hydrogens is 242 g/mol. The second-order valence-electron chi connectivity index (χ2n) is 6.48. The van der Waals surface area contributed by atoms with Gasteiger partial charge in [-0.1, -0.05) is 44.5 Å². The van der Waals surface area contributed by atoms with Gasteiger partial charge in [-0.15, -0.1) is 0 Å². The first-order chi connectivity index (χ1) is 8.47. The fourth-order valence-electron chi connectivity index (χ4n) is 3.52. The molecule has 1 aliphatic rings. The number of hydrogen-bond acceptors (Lipinski definition) is 1. The van der Waals surface area contributed by atoms with Gasteiger partial charge in [0.25, 0.3) is 0 Å². The molecule has 0 saturated heterocycles. The predicted octanol–water partition coefficient (Wildman–Crippen LogP) is 4.40. The van der Waals surface area contributed by atoms with Gasteiger partial charge in [0.15, 0.2) is 0 Å². The number of rotatable bonds is 5. The standard InChI is InChI=1S/C16H24ClN/c1-4-9-18-12-16(10-15(2,3)11-16)13-5-7-14(17)8-6-13/h5-8,18H,4,9-12H2,1-3H3. The molecule has 0 unspecified atom stereocenters. The molecule has 0 aliphatic heterocycles. The van der Waals surface area contributed by atoms with Crippen molar-refractivity contribution < 1.29 is 0 Å². The van der Waals surface area contributed by atoms with Gasteiger partial charge in [-0.05, 0) is 48.9 Å². The van der Waals surface area contributed by atoms with Crippen molar-refractivity contribution in [1.82, 2.24) is 5.32 Å². The van der Waals surface area contributed by atoms with Gasteiger partial charge in [0.05, 0.1) is 0 Å². The molecule has 0 atom stereocenters. The summed E-state index contributed by atoms with van der Waals surface area (Å²) in [7, 11) is 0. The molecule has 2 rings (SSSR count). The molecule has 0 radical (unpaired) electrons. The summed E-state index contributed by atoms with van der Waals surface area (Å²) in [6, 6.07) is 8.43. The van der Waals surface area contributed by atoms with Crippen LogP contribution in [0.2, 0.25) is 5.02 Å². The first kappa shape index (κ1) is 13.9. The molecule has 1 N–H and O–H groups in total. The monoisotopic (exact) mass is 265 g/mol. The quantitative estimate of drug-likeness (QED) is 0.779. The van der Waals surface area contributed by atoms with E-state index >= 15 is 0 Å². The zero-order valence-corrected chi connectivity index (χ0v) is 12.5. The molecule has 1 aromatic rings. The molecule has 0 heterocycles. The molecular formula is C16H24ClN. The van der Waals surface area contributed by atoms with E-state index in [2.05, 4.69) is 38.2 Å². The largest absolute Gasteiger partial charge is 0.316 e. The maximum Gasteiger partial charge on any atom is 0.0406 e. The minimum absolute atomic E-state index is 0.323. The highest BCUT2D eigenvalue weighted by molar-refractivity contribution is 6.30. The summed E-state index contributed by atoms with van der Waals surface area (Å²) in [6.07, 6.45) is 3.72. The van der Waals surface area contributed by atoms with E-state index in [1.165, 1.54) is 24.8 Å². The Balaban J connectivity index is 2.13. The number of nitrogens with one attached hydrogen (secondary N) is 1. The van der Waals surface area contributed by atoms with Crippen LogP contribution in [-0.2, 0) is 5.41 Å². The summed E-state index contributed by atoms with van der Waals surface area (Å²) in [4.78, 5) is 0. The van der Waals surface area contributed by atoms with Crippen molar-refractivity contribution in [2.24, 2.45) is 5.41 Å². The Kier molecular flexibility index (Phi) is 4.03. The van der Waals surface area contributed by atoms with Crippen LogP contribution >= 0.6 is 11.6 Å². The third-order valence-corrected chi connectivity index (χ3v) is 4.23. The summed E-state index contributed by atoms with van der Waals surface area (Å²) in [5, 5.41) is 4.42. The van der Waals surface area contributed by atoms with Crippen molar-refractivity contribution >= 4 is 11.6 Å². The smallest absolute Gasteiger partial charge is 0.0406 e. The van der Waals surface area contributed by atoms with E-state index in [4.69, 9.17) is 11.6 Å². The Labute approximate surface area is 116 Å². The van der Waals surface area contributed by atoms with E-state index in [1.807, 2.05) is 12.1 Å². The Morgan fingerprint density at radius 1 is 1.17 bits per heavy atom. The Morgan fingerprint density at radius 3 is 2.28 bits per heavy atom. The van der Waals surface area contributed by atoms with Crippen molar-refractivity contribution in [3.8, 4) is 0 Å². The van der Waals surface area contributed by atoms with Gasteiger partial charge in [0.2, 0.25) is 0 Å². The third kappa shape index (κ3) is 2.89. The Bertz CT molecular complexity index is 386. The van der Waals surface area contributed by atoms with Gasteiger partial charge in [-0.2, -0.15) is 0 Å². The van der Waals surface area contributed by atoms with Gasteiger partial charge in [-0.3, -0.25) is 0 Å². The van der Waals surface area contributed by atoms with Crippen molar-refractivity contribution in [3.05, 3.63) is 34.9 Å². The van der Waals surface area contributed by atoms with Gasteiger partial charge >= 0.3 is 0 Å². The molecule has 100 valence electrons. The molecule has 0 bridgehead atoms. The average molecular weight is 266 g/mol. The van der Waals surface area contributed by atoms with Gasteiger partial charge in [0, 0.05) is 17.0 Å². The summed E-state index contributed by atoms with van der Waals surface area (Å²) < 4.78 is 0. The molecule has 1 aliphatic carbocycles. The zero-order valence-electron chi connectivity index (χ0n) is 11.7.